The molecule has 0 saturated carbocycles. The normalized spacial score (nSPS) is 19.8. The van der Waals surface area contributed by atoms with Gasteiger partial charge in [-0.2, -0.15) is 0 Å². The van der Waals surface area contributed by atoms with Gasteiger partial charge in [-0.3, -0.25) is 9.69 Å². The van der Waals surface area contributed by atoms with Crippen molar-refractivity contribution in [2.24, 2.45) is 0 Å². The molecule has 1 fully saturated rings. The lowest BCUT2D eigenvalue weighted by Gasteiger charge is -2.34. The minimum Gasteiger partial charge on any atom is -0.387 e. The lowest BCUT2D eigenvalue weighted by atomic mass is 9.99. The van der Waals surface area contributed by atoms with E-state index >= 15 is 0 Å². The van der Waals surface area contributed by atoms with Gasteiger partial charge in [0.1, 0.15) is 5.82 Å². The zero-order valence-electron chi connectivity index (χ0n) is 13.7. The van der Waals surface area contributed by atoms with E-state index in [-0.39, 0.29) is 12.5 Å². The number of rotatable bonds is 6. The van der Waals surface area contributed by atoms with Gasteiger partial charge in [0.25, 0.3) is 0 Å². The Kier molecular flexibility index (Phi) is 6.10. The first-order chi connectivity index (χ1) is 10.9. The molecule has 2 rings (SSSR count). The first kappa shape index (κ1) is 17.8. The molecule has 1 amide bonds. The molecular formula is C17H25FN2O3. The van der Waals surface area contributed by atoms with Crippen LogP contribution in [0.3, 0.4) is 0 Å². The molecule has 0 aromatic heterocycles. The maximum atomic E-state index is 13.7. The SMILES string of the molecule is CC(C(=O)NCC(C)(O)CN1CCOCC1)c1ccccc1F. The third-order valence-corrected chi connectivity index (χ3v) is 4.08. The van der Waals surface area contributed by atoms with E-state index in [1.807, 2.05) is 0 Å². The van der Waals surface area contributed by atoms with E-state index in [1.54, 1.807) is 32.0 Å². The number of nitrogens with one attached hydrogen (secondary N) is 1. The van der Waals surface area contributed by atoms with Crippen LogP contribution in [0.25, 0.3) is 0 Å². The van der Waals surface area contributed by atoms with E-state index in [2.05, 4.69) is 10.2 Å². The van der Waals surface area contributed by atoms with Crippen LogP contribution >= 0.6 is 0 Å². The number of benzene rings is 1. The number of ether oxygens (including phenoxy) is 1. The summed E-state index contributed by atoms with van der Waals surface area (Å²) in [5.74, 6) is -1.29. The highest BCUT2D eigenvalue weighted by Gasteiger charge is 2.27. The molecule has 2 unspecified atom stereocenters. The standard InChI is InChI=1S/C17H25FN2O3/c1-13(14-5-3-4-6-15(14)18)16(21)19-11-17(2,22)12-20-7-9-23-10-8-20/h3-6,13,22H,7-12H2,1-2H3,(H,19,21). The Hall–Kier alpha value is -1.50. The first-order valence-corrected chi connectivity index (χ1v) is 7.94. The molecule has 1 aromatic carbocycles. The molecule has 1 saturated heterocycles. The van der Waals surface area contributed by atoms with E-state index in [1.165, 1.54) is 6.07 Å². The summed E-state index contributed by atoms with van der Waals surface area (Å²) in [5.41, 5.74) is -0.681. The van der Waals surface area contributed by atoms with Crippen LogP contribution in [0.15, 0.2) is 24.3 Å². The van der Waals surface area contributed by atoms with Gasteiger partial charge in [0.2, 0.25) is 5.91 Å². The van der Waals surface area contributed by atoms with Gasteiger partial charge in [0.05, 0.1) is 24.7 Å². The van der Waals surface area contributed by atoms with Crippen molar-refractivity contribution in [1.29, 1.82) is 0 Å². The van der Waals surface area contributed by atoms with Crippen LogP contribution in [0.4, 0.5) is 4.39 Å². The molecule has 0 bridgehead atoms. The van der Waals surface area contributed by atoms with Gasteiger partial charge in [-0.1, -0.05) is 18.2 Å². The second-order valence-electron chi connectivity index (χ2n) is 6.35. The lowest BCUT2D eigenvalue weighted by Crippen LogP contribution is -2.51. The van der Waals surface area contributed by atoms with Crippen LogP contribution in [-0.2, 0) is 9.53 Å². The van der Waals surface area contributed by atoms with Gasteiger partial charge >= 0.3 is 0 Å². The molecule has 1 heterocycles. The summed E-state index contributed by atoms with van der Waals surface area (Å²) in [7, 11) is 0. The van der Waals surface area contributed by atoms with Gasteiger partial charge in [-0.05, 0) is 25.5 Å². The Morgan fingerprint density at radius 1 is 1.43 bits per heavy atom. The molecular weight excluding hydrogens is 299 g/mol. The number of nitrogens with zero attached hydrogens (tertiary/aromatic N) is 1. The number of hydrogen-bond donors (Lipinski definition) is 2. The monoisotopic (exact) mass is 324 g/mol. The van der Waals surface area contributed by atoms with Gasteiger partial charge < -0.3 is 15.2 Å². The average molecular weight is 324 g/mol. The predicted octanol–water partition coefficient (Wildman–Crippen LogP) is 1.13. The quantitative estimate of drug-likeness (QED) is 0.823. The maximum absolute atomic E-state index is 13.7. The second kappa shape index (κ2) is 7.86. The zero-order chi connectivity index (χ0) is 16.9. The molecule has 1 aromatic rings. The van der Waals surface area contributed by atoms with E-state index in [0.29, 0.717) is 25.3 Å². The van der Waals surface area contributed by atoms with Crippen molar-refractivity contribution >= 4 is 5.91 Å². The van der Waals surface area contributed by atoms with Crippen molar-refractivity contribution in [2.75, 3.05) is 39.4 Å². The third kappa shape index (κ3) is 5.27. The van der Waals surface area contributed by atoms with Gasteiger partial charge in [-0.25, -0.2) is 4.39 Å². The highest BCUT2D eigenvalue weighted by molar-refractivity contribution is 5.83. The van der Waals surface area contributed by atoms with Crippen molar-refractivity contribution in [1.82, 2.24) is 10.2 Å². The summed E-state index contributed by atoms with van der Waals surface area (Å²) >= 11 is 0. The Morgan fingerprint density at radius 2 is 2.09 bits per heavy atom. The zero-order valence-corrected chi connectivity index (χ0v) is 13.7. The lowest BCUT2D eigenvalue weighted by molar-refractivity contribution is -0.123. The van der Waals surface area contributed by atoms with Crippen molar-refractivity contribution in [2.45, 2.75) is 25.4 Å². The fourth-order valence-corrected chi connectivity index (χ4v) is 2.70. The van der Waals surface area contributed by atoms with Gasteiger partial charge in [0, 0.05) is 26.2 Å². The third-order valence-electron chi connectivity index (χ3n) is 4.08. The van der Waals surface area contributed by atoms with E-state index in [4.69, 9.17) is 4.74 Å². The summed E-state index contributed by atoms with van der Waals surface area (Å²) in [5, 5.41) is 13.2. The van der Waals surface area contributed by atoms with Crippen LogP contribution < -0.4 is 5.32 Å². The topological polar surface area (TPSA) is 61.8 Å². The van der Waals surface area contributed by atoms with E-state index < -0.39 is 17.3 Å². The molecule has 5 nitrogen and oxygen atoms in total. The number of aliphatic hydroxyl groups is 1. The van der Waals surface area contributed by atoms with Gasteiger partial charge in [-0.15, -0.1) is 0 Å². The predicted molar refractivity (Wildman–Crippen MR) is 85.7 cm³/mol. The number of halogens is 1. The smallest absolute Gasteiger partial charge is 0.227 e. The van der Waals surface area contributed by atoms with Crippen LogP contribution in [0.1, 0.15) is 25.3 Å². The molecule has 1 aliphatic heterocycles. The Bertz CT molecular complexity index is 530. The van der Waals surface area contributed by atoms with Crippen molar-refractivity contribution in [3.05, 3.63) is 35.6 Å². The number of β-amino-alcohol motifs (C(OH)–C–C–N with tert-alkyl or cyclic N) is 1. The molecule has 0 aliphatic carbocycles. The average Bonchev–Trinajstić information content (AvgIpc) is 2.53. The fraction of sp³-hybridized carbons (Fsp3) is 0.588. The highest BCUT2D eigenvalue weighted by atomic mass is 19.1. The van der Waals surface area contributed by atoms with Crippen LogP contribution in [0.5, 0.6) is 0 Å². The highest BCUT2D eigenvalue weighted by Crippen LogP contribution is 2.19. The van der Waals surface area contributed by atoms with E-state index in [0.717, 1.165) is 13.1 Å². The van der Waals surface area contributed by atoms with E-state index in [9.17, 15) is 14.3 Å². The molecule has 0 spiro atoms. The molecule has 2 N–H and O–H groups in total. The molecule has 0 radical (unpaired) electrons. The summed E-state index contributed by atoms with van der Waals surface area (Å²) < 4.78 is 19.0. The molecule has 1 aliphatic rings. The second-order valence-corrected chi connectivity index (χ2v) is 6.35. The largest absolute Gasteiger partial charge is 0.387 e. The van der Waals surface area contributed by atoms with Crippen molar-refractivity contribution < 1.29 is 19.0 Å². The van der Waals surface area contributed by atoms with Crippen LogP contribution in [0, 0.1) is 5.82 Å². The number of hydrogen-bond acceptors (Lipinski definition) is 4. The molecule has 6 heteroatoms. The Balaban J connectivity index is 1.86. The van der Waals surface area contributed by atoms with Crippen LogP contribution in [-0.4, -0.2) is 60.9 Å². The Labute approximate surface area is 136 Å². The molecule has 2 atom stereocenters. The van der Waals surface area contributed by atoms with Crippen LogP contribution in [0.2, 0.25) is 0 Å². The number of carbonyl (C=O) groups excluding carboxylic acids is 1. The molecule has 128 valence electrons. The summed E-state index contributed by atoms with van der Waals surface area (Å²) in [6, 6.07) is 6.24. The number of amides is 1. The maximum Gasteiger partial charge on any atom is 0.227 e. The first-order valence-electron chi connectivity index (χ1n) is 7.94. The minimum absolute atomic E-state index is 0.127. The summed E-state index contributed by atoms with van der Waals surface area (Å²) in [6.07, 6.45) is 0. The fourth-order valence-electron chi connectivity index (χ4n) is 2.70. The molecule has 23 heavy (non-hydrogen) atoms. The van der Waals surface area contributed by atoms with Crippen molar-refractivity contribution in [3.8, 4) is 0 Å². The Morgan fingerprint density at radius 3 is 2.74 bits per heavy atom. The van der Waals surface area contributed by atoms with Crippen molar-refractivity contribution in [3.63, 3.8) is 0 Å². The summed E-state index contributed by atoms with van der Waals surface area (Å²) in [6.45, 7) is 6.80. The summed E-state index contributed by atoms with van der Waals surface area (Å²) in [4.78, 5) is 14.3. The number of carbonyl (C=O) groups is 1. The number of morpholine rings is 1. The minimum atomic E-state index is -1.04. The van der Waals surface area contributed by atoms with Gasteiger partial charge in [0.15, 0.2) is 0 Å².